The molecule has 1 unspecified atom stereocenters. The molecule has 0 saturated carbocycles. The fourth-order valence-electron chi connectivity index (χ4n) is 1.63. The second-order valence-corrected chi connectivity index (χ2v) is 3.03. The minimum absolute atomic E-state index is 0.0810. The zero-order valence-corrected chi connectivity index (χ0v) is 5.76. The fraction of sp³-hybridized carbons (Fsp3) is 0.714. The van der Waals surface area contributed by atoms with Gasteiger partial charge in [0, 0.05) is 12.8 Å². The maximum Gasteiger partial charge on any atom is 0.253 e. The van der Waals surface area contributed by atoms with Crippen LogP contribution in [-0.4, -0.2) is 25.2 Å². The predicted octanol–water partition coefficient (Wildman–Crippen LogP) is -0.0328. The molecule has 3 heteroatoms. The SMILES string of the molecule is O=C1N=CCC12CCNC2. The number of hydrogen-bond acceptors (Lipinski definition) is 2. The number of carbonyl (C=O) groups excluding carboxylic acids is 1. The molecule has 0 aromatic heterocycles. The molecule has 0 aromatic carbocycles. The van der Waals surface area contributed by atoms with Gasteiger partial charge in [0.2, 0.25) is 0 Å². The first kappa shape index (κ1) is 6.04. The number of nitrogens with zero attached hydrogens (tertiary/aromatic N) is 1. The van der Waals surface area contributed by atoms with Gasteiger partial charge in [-0.3, -0.25) is 4.79 Å². The molecule has 1 amide bonds. The van der Waals surface area contributed by atoms with Crippen molar-refractivity contribution in [2.75, 3.05) is 13.1 Å². The third-order valence-electron chi connectivity index (χ3n) is 2.39. The Hall–Kier alpha value is -0.700. The molecule has 0 aromatic rings. The lowest BCUT2D eigenvalue weighted by Gasteiger charge is -2.15. The average molecular weight is 138 g/mol. The van der Waals surface area contributed by atoms with E-state index >= 15 is 0 Å². The van der Waals surface area contributed by atoms with E-state index in [1.165, 1.54) is 0 Å². The quantitative estimate of drug-likeness (QED) is 0.510. The van der Waals surface area contributed by atoms with Gasteiger partial charge in [-0.2, -0.15) is 0 Å². The van der Waals surface area contributed by atoms with E-state index in [1.807, 2.05) is 0 Å². The van der Waals surface area contributed by atoms with Crippen LogP contribution < -0.4 is 5.32 Å². The Morgan fingerprint density at radius 3 is 3.10 bits per heavy atom. The van der Waals surface area contributed by atoms with E-state index in [9.17, 15) is 4.79 Å². The Morgan fingerprint density at radius 2 is 2.60 bits per heavy atom. The van der Waals surface area contributed by atoms with Gasteiger partial charge in [0.15, 0.2) is 0 Å². The van der Waals surface area contributed by atoms with Crippen molar-refractivity contribution in [1.82, 2.24) is 5.32 Å². The van der Waals surface area contributed by atoms with Crippen LogP contribution >= 0.6 is 0 Å². The highest BCUT2D eigenvalue weighted by Crippen LogP contribution is 2.33. The molecule has 3 nitrogen and oxygen atoms in total. The molecular formula is C7H10N2O. The molecule has 1 atom stereocenters. The van der Waals surface area contributed by atoms with Crippen molar-refractivity contribution in [2.45, 2.75) is 12.8 Å². The second-order valence-electron chi connectivity index (χ2n) is 3.03. The number of nitrogens with one attached hydrogen (secondary N) is 1. The number of aliphatic imine (C=N–C) groups is 1. The van der Waals surface area contributed by atoms with Crippen LogP contribution in [0.15, 0.2) is 4.99 Å². The van der Waals surface area contributed by atoms with Crippen LogP contribution in [0.5, 0.6) is 0 Å². The van der Waals surface area contributed by atoms with Crippen LogP contribution in [0.1, 0.15) is 12.8 Å². The molecule has 54 valence electrons. The van der Waals surface area contributed by atoms with Crippen molar-refractivity contribution in [3.8, 4) is 0 Å². The minimum Gasteiger partial charge on any atom is -0.316 e. The zero-order chi connectivity index (χ0) is 7.03. The first-order valence-corrected chi connectivity index (χ1v) is 3.61. The summed E-state index contributed by atoms with van der Waals surface area (Å²) in [7, 11) is 0. The number of carbonyl (C=O) groups is 1. The Labute approximate surface area is 59.5 Å². The van der Waals surface area contributed by atoms with Gasteiger partial charge in [0.25, 0.3) is 5.91 Å². The van der Waals surface area contributed by atoms with Crippen molar-refractivity contribution in [1.29, 1.82) is 0 Å². The van der Waals surface area contributed by atoms with E-state index in [4.69, 9.17) is 0 Å². The normalized spacial score (nSPS) is 38.2. The Kier molecular flexibility index (Phi) is 1.14. The molecule has 2 rings (SSSR count). The average Bonchev–Trinajstić information content (AvgIpc) is 2.48. The van der Waals surface area contributed by atoms with E-state index < -0.39 is 0 Å². The standard InChI is InChI=1S/C7H10N2O/c10-6-7(2-4-9-6)1-3-8-5-7/h4,8H,1-3,5H2. The van der Waals surface area contributed by atoms with Crippen molar-refractivity contribution < 1.29 is 4.79 Å². The molecule has 10 heavy (non-hydrogen) atoms. The molecule has 0 bridgehead atoms. The summed E-state index contributed by atoms with van der Waals surface area (Å²) in [5.74, 6) is 0.0810. The van der Waals surface area contributed by atoms with Gasteiger partial charge in [-0.05, 0) is 19.4 Å². The summed E-state index contributed by atoms with van der Waals surface area (Å²) < 4.78 is 0. The number of hydrogen-bond donors (Lipinski definition) is 1. The zero-order valence-electron chi connectivity index (χ0n) is 5.76. The third kappa shape index (κ3) is 0.639. The van der Waals surface area contributed by atoms with Crippen molar-refractivity contribution in [3.63, 3.8) is 0 Å². The molecule has 0 radical (unpaired) electrons. The lowest BCUT2D eigenvalue weighted by molar-refractivity contribution is -0.125. The monoisotopic (exact) mass is 138 g/mol. The van der Waals surface area contributed by atoms with Crippen molar-refractivity contribution in [2.24, 2.45) is 10.4 Å². The smallest absolute Gasteiger partial charge is 0.253 e. The van der Waals surface area contributed by atoms with Crippen LogP contribution in [0, 0.1) is 5.41 Å². The van der Waals surface area contributed by atoms with Crippen LogP contribution in [0.25, 0.3) is 0 Å². The van der Waals surface area contributed by atoms with E-state index in [-0.39, 0.29) is 11.3 Å². The largest absolute Gasteiger partial charge is 0.316 e. The summed E-state index contributed by atoms with van der Waals surface area (Å²) in [5.41, 5.74) is -0.125. The van der Waals surface area contributed by atoms with Gasteiger partial charge in [0.1, 0.15) is 0 Å². The second kappa shape index (κ2) is 1.89. The summed E-state index contributed by atoms with van der Waals surface area (Å²) in [6, 6.07) is 0. The summed E-state index contributed by atoms with van der Waals surface area (Å²) in [6.45, 7) is 1.79. The first-order valence-electron chi connectivity index (χ1n) is 3.61. The fourth-order valence-corrected chi connectivity index (χ4v) is 1.63. The molecule has 2 heterocycles. The van der Waals surface area contributed by atoms with Gasteiger partial charge in [-0.1, -0.05) is 0 Å². The van der Waals surface area contributed by atoms with Crippen LogP contribution in [0.2, 0.25) is 0 Å². The lowest BCUT2D eigenvalue weighted by atomic mass is 9.85. The first-order chi connectivity index (χ1) is 4.83. The lowest BCUT2D eigenvalue weighted by Crippen LogP contribution is -2.28. The van der Waals surface area contributed by atoms with Gasteiger partial charge >= 0.3 is 0 Å². The highest BCUT2D eigenvalue weighted by atomic mass is 16.1. The van der Waals surface area contributed by atoms with Crippen LogP contribution in [-0.2, 0) is 4.79 Å². The van der Waals surface area contributed by atoms with E-state index in [0.29, 0.717) is 0 Å². The van der Waals surface area contributed by atoms with Gasteiger partial charge in [-0.25, -0.2) is 4.99 Å². The van der Waals surface area contributed by atoms with E-state index in [2.05, 4.69) is 10.3 Å². The van der Waals surface area contributed by atoms with E-state index in [0.717, 1.165) is 25.9 Å². The van der Waals surface area contributed by atoms with Gasteiger partial charge < -0.3 is 5.32 Å². The maximum absolute atomic E-state index is 11.2. The topological polar surface area (TPSA) is 41.5 Å². The number of amides is 1. The molecule has 1 saturated heterocycles. The molecule has 2 aliphatic rings. The predicted molar refractivity (Wildman–Crippen MR) is 38.0 cm³/mol. The highest BCUT2D eigenvalue weighted by Gasteiger charge is 2.42. The molecule has 1 fully saturated rings. The van der Waals surface area contributed by atoms with E-state index in [1.54, 1.807) is 6.21 Å². The van der Waals surface area contributed by atoms with Gasteiger partial charge in [-0.15, -0.1) is 0 Å². The van der Waals surface area contributed by atoms with Crippen LogP contribution in [0.4, 0.5) is 0 Å². The molecule has 2 aliphatic heterocycles. The Morgan fingerprint density at radius 1 is 1.70 bits per heavy atom. The molecular weight excluding hydrogens is 128 g/mol. The summed E-state index contributed by atoms with van der Waals surface area (Å²) in [5, 5.41) is 3.18. The molecule has 1 N–H and O–H groups in total. The van der Waals surface area contributed by atoms with Crippen LogP contribution in [0.3, 0.4) is 0 Å². The Balaban J connectivity index is 2.23. The summed E-state index contributed by atoms with van der Waals surface area (Å²) >= 11 is 0. The molecule has 1 spiro atoms. The van der Waals surface area contributed by atoms with Crippen molar-refractivity contribution >= 4 is 12.1 Å². The minimum atomic E-state index is -0.125. The number of rotatable bonds is 0. The van der Waals surface area contributed by atoms with Crippen molar-refractivity contribution in [3.05, 3.63) is 0 Å². The van der Waals surface area contributed by atoms with Gasteiger partial charge in [0.05, 0.1) is 5.41 Å². The summed E-state index contributed by atoms with van der Waals surface area (Å²) in [6.07, 6.45) is 3.56. The highest BCUT2D eigenvalue weighted by molar-refractivity contribution is 5.97. The Bertz CT molecular complexity index is 192. The maximum atomic E-state index is 11.2. The molecule has 0 aliphatic carbocycles. The summed E-state index contributed by atoms with van der Waals surface area (Å²) in [4.78, 5) is 14.9. The third-order valence-corrected chi connectivity index (χ3v) is 2.39.